The third-order valence-corrected chi connectivity index (χ3v) is 4.39. The van der Waals surface area contributed by atoms with Crippen LogP contribution in [0.1, 0.15) is 26.5 Å². The molecule has 1 aliphatic rings. The van der Waals surface area contributed by atoms with Gasteiger partial charge < -0.3 is 10.4 Å². The fourth-order valence-electron chi connectivity index (χ4n) is 2.29. The first-order valence-corrected chi connectivity index (χ1v) is 7.10. The molecular weight excluding hydrogens is 278 g/mol. The molecule has 0 fully saturated rings. The highest BCUT2D eigenvalue weighted by atomic mass is 32.1. The molecule has 0 bridgehead atoms. The van der Waals surface area contributed by atoms with Gasteiger partial charge in [-0.05, 0) is 30.9 Å². The molecule has 2 heterocycles. The van der Waals surface area contributed by atoms with Crippen molar-refractivity contribution < 1.29 is 14.7 Å². The van der Waals surface area contributed by atoms with Gasteiger partial charge in [-0.1, -0.05) is 0 Å². The molecule has 0 saturated heterocycles. The van der Waals surface area contributed by atoms with E-state index in [9.17, 15) is 9.59 Å². The molecule has 0 spiro atoms. The largest absolute Gasteiger partial charge is 0.480 e. The number of hydrogen-bond donors (Lipinski definition) is 2. The van der Waals surface area contributed by atoms with Gasteiger partial charge >= 0.3 is 5.97 Å². The molecule has 2 N–H and O–H groups in total. The van der Waals surface area contributed by atoms with Gasteiger partial charge in [0, 0.05) is 11.1 Å². The van der Waals surface area contributed by atoms with Gasteiger partial charge in [0.25, 0.3) is 5.91 Å². The van der Waals surface area contributed by atoms with E-state index in [0.717, 1.165) is 12.8 Å². The number of carboxylic acids is 1. The average Bonchev–Trinajstić information content (AvgIpc) is 3.02. The number of aromatic nitrogens is 2. The lowest BCUT2D eigenvalue weighted by Crippen LogP contribution is -2.10. The maximum atomic E-state index is 12.1. The number of amides is 1. The number of aryl methyl sites for hydroxylation is 2. The lowest BCUT2D eigenvalue weighted by atomic mass is 10.2. The first-order valence-electron chi connectivity index (χ1n) is 6.29. The van der Waals surface area contributed by atoms with E-state index in [0.29, 0.717) is 10.6 Å². The lowest BCUT2D eigenvalue weighted by Gasteiger charge is -1.99. The van der Waals surface area contributed by atoms with Gasteiger partial charge in [0.05, 0.1) is 16.8 Å². The summed E-state index contributed by atoms with van der Waals surface area (Å²) in [5.74, 6) is -1.14. The minimum absolute atomic E-state index is 0.167. The number of nitrogens with one attached hydrogen (secondary N) is 1. The summed E-state index contributed by atoms with van der Waals surface area (Å²) in [5, 5.41) is 15.3. The Hall–Kier alpha value is -2.15. The number of hydrogen-bond acceptors (Lipinski definition) is 4. The summed E-state index contributed by atoms with van der Waals surface area (Å²) in [5.41, 5.74) is 1.78. The van der Waals surface area contributed by atoms with Gasteiger partial charge in [0.1, 0.15) is 6.54 Å². The Morgan fingerprint density at radius 1 is 1.45 bits per heavy atom. The molecule has 104 valence electrons. The number of thiophene rings is 1. The Kier molecular flexibility index (Phi) is 3.27. The van der Waals surface area contributed by atoms with Crippen LogP contribution in [-0.4, -0.2) is 26.8 Å². The minimum atomic E-state index is -0.972. The standard InChI is InChI=1S/C13H13N3O3S/c17-12(18)7-16-6-9(5-14-16)15-13(19)11-4-8-2-1-3-10(8)20-11/h4-6H,1-3,7H2,(H,15,19)(H,17,18). The van der Waals surface area contributed by atoms with Gasteiger partial charge in [-0.3, -0.25) is 14.3 Å². The van der Waals surface area contributed by atoms with Crippen molar-refractivity contribution >= 4 is 28.9 Å². The molecule has 0 atom stereocenters. The molecule has 7 heteroatoms. The van der Waals surface area contributed by atoms with E-state index >= 15 is 0 Å². The normalized spacial score (nSPS) is 13.2. The molecule has 1 amide bonds. The zero-order valence-electron chi connectivity index (χ0n) is 10.6. The van der Waals surface area contributed by atoms with Crippen molar-refractivity contribution in [2.75, 3.05) is 5.32 Å². The molecule has 2 aromatic rings. The van der Waals surface area contributed by atoms with Crippen LogP contribution in [0.2, 0.25) is 0 Å². The maximum Gasteiger partial charge on any atom is 0.325 e. The molecule has 6 nitrogen and oxygen atoms in total. The smallest absolute Gasteiger partial charge is 0.325 e. The Labute approximate surface area is 119 Å². The van der Waals surface area contributed by atoms with Crippen LogP contribution in [0.25, 0.3) is 0 Å². The van der Waals surface area contributed by atoms with Crippen molar-refractivity contribution in [3.8, 4) is 0 Å². The van der Waals surface area contributed by atoms with Gasteiger partial charge in [-0.15, -0.1) is 11.3 Å². The van der Waals surface area contributed by atoms with Crippen molar-refractivity contribution in [2.24, 2.45) is 0 Å². The number of anilines is 1. The molecule has 0 saturated carbocycles. The summed E-state index contributed by atoms with van der Waals surface area (Å²) in [4.78, 5) is 24.6. The van der Waals surface area contributed by atoms with Crippen LogP contribution in [-0.2, 0) is 24.2 Å². The number of carbonyl (C=O) groups excluding carboxylic acids is 1. The monoisotopic (exact) mass is 291 g/mol. The highest BCUT2D eigenvalue weighted by Gasteiger charge is 2.18. The predicted octanol–water partition coefficient (Wildman–Crippen LogP) is 1.77. The first-order chi connectivity index (χ1) is 9.61. The molecular formula is C13H13N3O3S. The second-order valence-electron chi connectivity index (χ2n) is 4.69. The summed E-state index contributed by atoms with van der Waals surface area (Å²) < 4.78 is 1.27. The molecule has 1 aliphatic carbocycles. The van der Waals surface area contributed by atoms with Crippen LogP contribution in [0, 0.1) is 0 Å². The van der Waals surface area contributed by atoms with Crippen LogP contribution in [0.15, 0.2) is 18.5 Å². The molecule has 0 unspecified atom stereocenters. The second-order valence-corrected chi connectivity index (χ2v) is 5.82. The SMILES string of the molecule is O=C(O)Cn1cc(NC(=O)c2cc3c(s2)CCC3)cn1. The van der Waals surface area contributed by atoms with E-state index in [4.69, 9.17) is 5.11 Å². The third kappa shape index (κ3) is 2.57. The summed E-state index contributed by atoms with van der Waals surface area (Å²) in [7, 11) is 0. The van der Waals surface area contributed by atoms with E-state index in [1.54, 1.807) is 0 Å². The fraction of sp³-hybridized carbons (Fsp3) is 0.308. The zero-order valence-corrected chi connectivity index (χ0v) is 11.4. The van der Waals surface area contributed by atoms with E-state index in [1.807, 2.05) is 6.07 Å². The van der Waals surface area contributed by atoms with Crippen molar-refractivity contribution in [2.45, 2.75) is 25.8 Å². The maximum absolute atomic E-state index is 12.1. The number of aliphatic carboxylic acids is 1. The molecule has 0 radical (unpaired) electrons. The lowest BCUT2D eigenvalue weighted by molar-refractivity contribution is -0.137. The Morgan fingerprint density at radius 3 is 3.05 bits per heavy atom. The Balaban J connectivity index is 1.68. The van der Waals surface area contributed by atoms with Gasteiger partial charge in [-0.2, -0.15) is 5.10 Å². The average molecular weight is 291 g/mol. The Bertz CT molecular complexity index is 653. The highest BCUT2D eigenvalue weighted by molar-refractivity contribution is 7.14. The van der Waals surface area contributed by atoms with Crippen molar-refractivity contribution in [1.29, 1.82) is 0 Å². The zero-order chi connectivity index (χ0) is 14.1. The van der Waals surface area contributed by atoms with Crippen LogP contribution < -0.4 is 5.32 Å². The molecule has 0 aliphatic heterocycles. The van der Waals surface area contributed by atoms with Gasteiger partial charge in [-0.25, -0.2) is 0 Å². The summed E-state index contributed by atoms with van der Waals surface area (Å²) in [6.07, 6.45) is 6.24. The van der Waals surface area contributed by atoms with Gasteiger partial charge in [0.2, 0.25) is 0 Å². The highest BCUT2D eigenvalue weighted by Crippen LogP contribution is 2.30. The number of carbonyl (C=O) groups is 2. The summed E-state index contributed by atoms with van der Waals surface area (Å²) >= 11 is 1.53. The number of fused-ring (bicyclic) bond motifs is 1. The van der Waals surface area contributed by atoms with E-state index in [-0.39, 0.29) is 12.5 Å². The van der Waals surface area contributed by atoms with Crippen LogP contribution in [0.4, 0.5) is 5.69 Å². The van der Waals surface area contributed by atoms with Crippen molar-refractivity contribution in [3.05, 3.63) is 33.8 Å². The van der Waals surface area contributed by atoms with Crippen LogP contribution in [0.3, 0.4) is 0 Å². The predicted molar refractivity (Wildman–Crippen MR) is 74.2 cm³/mol. The first kappa shape index (κ1) is 12.9. The van der Waals surface area contributed by atoms with Gasteiger partial charge in [0.15, 0.2) is 0 Å². The molecule has 0 aromatic carbocycles. The summed E-state index contributed by atoms with van der Waals surface area (Å²) in [6, 6.07) is 1.95. The van der Waals surface area contributed by atoms with E-state index < -0.39 is 5.97 Å². The fourth-order valence-corrected chi connectivity index (χ4v) is 3.44. The number of carboxylic acid groups (broad SMARTS) is 1. The minimum Gasteiger partial charge on any atom is -0.480 e. The second kappa shape index (κ2) is 5.09. The van der Waals surface area contributed by atoms with E-state index in [2.05, 4.69) is 10.4 Å². The molecule has 3 rings (SSSR count). The van der Waals surface area contributed by atoms with Crippen LogP contribution in [0.5, 0.6) is 0 Å². The van der Waals surface area contributed by atoms with E-state index in [1.165, 1.54) is 45.3 Å². The number of rotatable bonds is 4. The third-order valence-electron chi connectivity index (χ3n) is 3.16. The van der Waals surface area contributed by atoms with Crippen LogP contribution >= 0.6 is 11.3 Å². The molecule has 20 heavy (non-hydrogen) atoms. The topological polar surface area (TPSA) is 84.2 Å². The summed E-state index contributed by atoms with van der Waals surface area (Å²) in [6.45, 7) is -0.219. The quantitative estimate of drug-likeness (QED) is 0.899. The molecule has 2 aromatic heterocycles. The number of nitrogens with zero attached hydrogens (tertiary/aromatic N) is 2. The Morgan fingerprint density at radius 2 is 2.30 bits per heavy atom. The van der Waals surface area contributed by atoms with Crippen molar-refractivity contribution in [3.63, 3.8) is 0 Å². The van der Waals surface area contributed by atoms with Crippen molar-refractivity contribution in [1.82, 2.24) is 9.78 Å².